The van der Waals surface area contributed by atoms with Gasteiger partial charge in [0.15, 0.2) is 5.84 Å². The fourth-order valence-corrected chi connectivity index (χ4v) is 2.38. The second kappa shape index (κ2) is 7.29. The van der Waals surface area contributed by atoms with E-state index in [0.29, 0.717) is 16.1 Å². The number of carbonyl (C=O) groups excluding carboxylic acids is 1. The quantitative estimate of drug-likeness (QED) is 0.291. The van der Waals surface area contributed by atoms with Gasteiger partial charge in [0.2, 0.25) is 0 Å². The first-order chi connectivity index (χ1) is 11.3. The first-order valence-corrected chi connectivity index (χ1v) is 7.30. The lowest BCUT2D eigenvalue weighted by Gasteiger charge is -2.04. The van der Waals surface area contributed by atoms with Crippen molar-refractivity contribution in [3.8, 4) is 0 Å². The van der Waals surface area contributed by atoms with Crippen molar-refractivity contribution in [3.05, 3.63) is 73.2 Å². The van der Waals surface area contributed by atoms with E-state index in [1.807, 2.05) is 0 Å². The molecule has 124 valence electrons. The Balaban J connectivity index is 2.17. The molecule has 0 saturated carbocycles. The van der Waals surface area contributed by atoms with E-state index in [4.69, 9.17) is 33.8 Å². The van der Waals surface area contributed by atoms with Crippen LogP contribution in [0.5, 0.6) is 0 Å². The lowest BCUT2D eigenvalue weighted by Crippen LogP contribution is -2.16. The number of rotatable bonds is 4. The van der Waals surface area contributed by atoms with Gasteiger partial charge in [0.1, 0.15) is 0 Å². The number of benzene rings is 2. The maximum atomic E-state index is 11.9. The van der Waals surface area contributed by atoms with Crippen molar-refractivity contribution in [2.75, 3.05) is 0 Å². The minimum atomic E-state index is -0.805. The number of nitrogens with zero attached hydrogens (tertiary/aromatic N) is 2. The van der Waals surface area contributed by atoms with Crippen LogP contribution in [0, 0.1) is 17.0 Å². The molecule has 0 bridgehead atoms. The summed E-state index contributed by atoms with van der Waals surface area (Å²) in [5.41, 5.74) is 6.42. The van der Waals surface area contributed by atoms with Gasteiger partial charge >= 0.3 is 5.97 Å². The minimum Gasteiger partial charge on any atom is -0.380 e. The molecule has 0 radical (unpaired) electrons. The van der Waals surface area contributed by atoms with Crippen LogP contribution in [0.1, 0.15) is 21.5 Å². The maximum Gasteiger partial charge on any atom is 0.365 e. The van der Waals surface area contributed by atoms with E-state index in [1.54, 1.807) is 6.07 Å². The number of aryl methyl sites for hydroxylation is 1. The average molecular weight is 368 g/mol. The summed E-state index contributed by atoms with van der Waals surface area (Å²) in [6, 6.07) is 8.40. The Labute approximate surface area is 146 Å². The van der Waals surface area contributed by atoms with E-state index < -0.39 is 10.9 Å². The molecule has 0 aliphatic rings. The summed E-state index contributed by atoms with van der Waals surface area (Å²) in [7, 11) is 0. The first kappa shape index (κ1) is 17.7. The summed E-state index contributed by atoms with van der Waals surface area (Å²) in [4.78, 5) is 26.9. The highest BCUT2D eigenvalue weighted by Gasteiger charge is 2.15. The van der Waals surface area contributed by atoms with Crippen LogP contribution in [0.15, 0.2) is 41.6 Å². The van der Waals surface area contributed by atoms with Gasteiger partial charge in [-0.3, -0.25) is 10.1 Å². The summed E-state index contributed by atoms with van der Waals surface area (Å²) >= 11 is 11.8. The Morgan fingerprint density at radius 2 is 1.96 bits per heavy atom. The van der Waals surface area contributed by atoms with Crippen LogP contribution in [0.4, 0.5) is 5.69 Å². The van der Waals surface area contributed by atoms with Gasteiger partial charge in [-0.15, -0.1) is 0 Å². The highest BCUT2D eigenvalue weighted by atomic mass is 35.5. The normalized spacial score (nSPS) is 11.2. The number of hydrogen-bond acceptors (Lipinski definition) is 5. The van der Waals surface area contributed by atoms with Crippen molar-refractivity contribution < 1.29 is 14.6 Å². The Bertz CT molecular complexity index is 853. The summed E-state index contributed by atoms with van der Waals surface area (Å²) in [5.74, 6) is -0.912. The molecule has 0 saturated heterocycles. The second-order valence-corrected chi connectivity index (χ2v) is 5.58. The maximum absolute atomic E-state index is 11.9. The van der Waals surface area contributed by atoms with Crippen molar-refractivity contribution >= 4 is 40.7 Å². The Kier molecular flexibility index (Phi) is 5.38. The molecule has 0 aromatic heterocycles. The lowest BCUT2D eigenvalue weighted by atomic mass is 10.1. The molecule has 2 N–H and O–H groups in total. The molecule has 0 aliphatic heterocycles. The first-order valence-electron chi connectivity index (χ1n) is 6.55. The van der Waals surface area contributed by atoms with Crippen molar-refractivity contribution in [1.82, 2.24) is 0 Å². The smallest absolute Gasteiger partial charge is 0.365 e. The fraction of sp³-hybridized carbons (Fsp3) is 0.0667. The predicted molar refractivity (Wildman–Crippen MR) is 90.4 cm³/mol. The lowest BCUT2D eigenvalue weighted by molar-refractivity contribution is -0.385. The molecule has 0 heterocycles. The summed E-state index contributed by atoms with van der Waals surface area (Å²) in [5, 5.41) is 15.0. The molecule has 7 nitrogen and oxygen atoms in total. The van der Waals surface area contributed by atoms with Crippen molar-refractivity contribution in [1.29, 1.82) is 0 Å². The second-order valence-electron chi connectivity index (χ2n) is 4.74. The largest absolute Gasteiger partial charge is 0.380 e. The third-order valence-electron chi connectivity index (χ3n) is 3.06. The number of oxime groups is 1. The summed E-state index contributed by atoms with van der Waals surface area (Å²) < 4.78 is 0. The van der Waals surface area contributed by atoms with E-state index in [-0.39, 0.29) is 22.1 Å². The molecule has 0 aliphatic carbocycles. The molecule has 2 aromatic carbocycles. The number of hydrogen-bond donors (Lipinski definition) is 1. The van der Waals surface area contributed by atoms with E-state index >= 15 is 0 Å². The van der Waals surface area contributed by atoms with Gasteiger partial charge in [0.25, 0.3) is 5.69 Å². The zero-order valence-corrected chi connectivity index (χ0v) is 13.8. The molecule has 0 amide bonds. The molecule has 9 heteroatoms. The Hall–Kier alpha value is -2.64. The van der Waals surface area contributed by atoms with Gasteiger partial charge in [0, 0.05) is 22.2 Å². The topological polar surface area (TPSA) is 108 Å². The summed E-state index contributed by atoms with van der Waals surface area (Å²) in [6.07, 6.45) is 0. The van der Waals surface area contributed by atoms with Gasteiger partial charge < -0.3 is 10.6 Å². The van der Waals surface area contributed by atoms with Crippen molar-refractivity contribution in [2.45, 2.75) is 6.92 Å². The highest BCUT2D eigenvalue weighted by molar-refractivity contribution is 6.36. The van der Waals surface area contributed by atoms with Crippen LogP contribution in [0.25, 0.3) is 0 Å². The van der Waals surface area contributed by atoms with Crippen LogP contribution < -0.4 is 5.73 Å². The van der Waals surface area contributed by atoms with Crippen LogP contribution in [-0.2, 0) is 4.84 Å². The molecule has 0 spiro atoms. The minimum absolute atomic E-state index is 0.0949. The van der Waals surface area contributed by atoms with Gasteiger partial charge in [-0.05, 0) is 37.3 Å². The van der Waals surface area contributed by atoms with Crippen molar-refractivity contribution in [3.63, 3.8) is 0 Å². The number of nitrogens with two attached hydrogens (primary N) is 1. The average Bonchev–Trinajstić information content (AvgIpc) is 2.51. The Morgan fingerprint density at radius 1 is 1.25 bits per heavy atom. The molecule has 24 heavy (non-hydrogen) atoms. The van der Waals surface area contributed by atoms with Crippen LogP contribution in [0.2, 0.25) is 10.0 Å². The van der Waals surface area contributed by atoms with E-state index in [9.17, 15) is 14.9 Å². The summed E-state index contributed by atoms with van der Waals surface area (Å²) in [6.45, 7) is 1.51. The molecular formula is C15H11Cl2N3O4. The predicted octanol–water partition coefficient (Wildman–Crippen LogP) is 3.69. The molecule has 2 aromatic rings. The van der Waals surface area contributed by atoms with Crippen LogP contribution in [-0.4, -0.2) is 16.7 Å². The van der Waals surface area contributed by atoms with Gasteiger partial charge in [-0.1, -0.05) is 28.4 Å². The third-order valence-corrected chi connectivity index (χ3v) is 3.61. The van der Waals surface area contributed by atoms with Gasteiger partial charge in [0.05, 0.1) is 15.5 Å². The van der Waals surface area contributed by atoms with E-state index in [0.717, 1.165) is 0 Å². The van der Waals surface area contributed by atoms with Crippen molar-refractivity contribution in [2.24, 2.45) is 10.9 Å². The standard InChI is InChI=1S/C15H11Cl2N3O4/c1-8-6-9(2-5-13(8)20(22)23)15(21)24-19-14(18)11-4-3-10(16)7-12(11)17/h2-7H,1H3,(H2,18,19). The molecule has 0 fully saturated rings. The zero-order chi connectivity index (χ0) is 17.9. The molecule has 0 atom stereocenters. The van der Waals surface area contributed by atoms with Crippen LogP contribution >= 0.6 is 23.2 Å². The number of halogens is 2. The van der Waals surface area contributed by atoms with Gasteiger partial charge in [-0.25, -0.2) is 4.79 Å². The van der Waals surface area contributed by atoms with E-state index in [1.165, 1.54) is 37.3 Å². The zero-order valence-electron chi connectivity index (χ0n) is 12.3. The number of nitro benzene ring substituents is 1. The van der Waals surface area contributed by atoms with Crippen LogP contribution in [0.3, 0.4) is 0 Å². The number of nitro groups is 1. The number of amidine groups is 1. The highest BCUT2D eigenvalue weighted by Crippen LogP contribution is 2.21. The Morgan fingerprint density at radius 3 is 2.54 bits per heavy atom. The van der Waals surface area contributed by atoms with Gasteiger partial charge in [-0.2, -0.15) is 0 Å². The fourth-order valence-electron chi connectivity index (χ4n) is 1.88. The molecular weight excluding hydrogens is 357 g/mol. The SMILES string of the molecule is Cc1cc(C(=O)O/N=C(\N)c2ccc(Cl)cc2Cl)ccc1[N+](=O)[O-]. The van der Waals surface area contributed by atoms with E-state index in [2.05, 4.69) is 5.16 Å². The monoisotopic (exact) mass is 367 g/mol. The molecule has 2 rings (SSSR count). The number of carbonyl (C=O) groups is 1. The third kappa shape index (κ3) is 4.01. The molecule has 0 unspecified atom stereocenters.